The van der Waals surface area contributed by atoms with Gasteiger partial charge in [-0.2, -0.15) is 0 Å². The van der Waals surface area contributed by atoms with E-state index in [1.54, 1.807) is 0 Å². The predicted molar refractivity (Wildman–Crippen MR) is 90.7 cm³/mol. The molecule has 1 aromatic rings. The van der Waals surface area contributed by atoms with Gasteiger partial charge in [0.05, 0.1) is 0 Å². The van der Waals surface area contributed by atoms with Crippen molar-refractivity contribution in [1.29, 1.82) is 0 Å². The van der Waals surface area contributed by atoms with Gasteiger partial charge in [0.1, 0.15) is 0 Å². The van der Waals surface area contributed by atoms with Crippen molar-refractivity contribution in [1.82, 2.24) is 10.3 Å². The highest BCUT2D eigenvalue weighted by Crippen LogP contribution is 2.30. The first-order valence-electron chi connectivity index (χ1n) is 8.51. The standard InChI is InChI=1S/C18H31N3/c1-5-21(13-16-7-6-8-16)18-9-15(4)20-12-17(18)11-19-10-14(2)3/h9,12,14,16,19H,5-8,10-11,13H2,1-4H3. The van der Waals surface area contributed by atoms with E-state index >= 15 is 0 Å². The Morgan fingerprint density at radius 3 is 2.71 bits per heavy atom. The molecule has 1 aliphatic carbocycles. The molecular formula is C18H31N3. The van der Waals surface area contributed by atoms with E-state index in [2.05, 4.69) is 55.2 Å². The first kappa shape index (κ1) is 16.3. The lowest BCUT2D eigenvalue weighted by atomic mass is 9.85. The second-order valence-corrected chi connectivity index (χ2v) is 6.81. The highest BCUT2D eigenvalue weighted by atomic mass is 15.1. The van der Waals surface area contributed by atoms with Crippen molar-refractivity contribution in [3.8, 4) is 0 Å². The lowest BCUT2D eigenvalue weighted by molar-refractivity contribution is 0.318. The molecule has 118 valence electrons. The molecule has 1 N–H and O–H groups in total. The molecule has 0 atom stereocenters. The van der Waals surface area contributed by atoms with Crippen LogP contribution in [0.25, 0.3) is 0 Å². The quantitative estimate of drug-likeness (QED) is 0.790. The van der Waals surface area contributed by atoms with E-state index in [0.29, 0.717) is 5.92 Å². The van der Waals surface area contributed by atoms with Gasteiger partial charge in [0.25, 0.3) is 0 Å². The lowest BCUT2D eigenvalue weighted by Gasteiger charge is -2.34. The zero-order valence-corrected chi connectivity index (χ0v) is 14.2. The number of pyridine rings is 1. The summed E-state index contributed by atoms with van der Waals surface area (Å²) >= 11 is 0. The first-order chi connectivity index (χ1) is 10.1. The summed E-state index contributed by atoms with van der Waals surface area (Å²) in [7, 11) is 0. The zero-order valence-electron chi connectivity index (χ0n) is 14.2. The largest absolute Gasteiger partial charge is 0.371 e. The van der Waals surface area contributed by atoms with E-state index in [1.807, 2.05) is 0 Å². The molecule has 0 radical (unpaired) electrons. The summed E-state index contributed by atoms with van der Waals surface area (Å²) in [6.45, 7) is 13.1. The molecule has 1 heterocycles. The Bertz CT molecular complexity index is 438. The average Bonchev–Trinajstić information content (AvgIpc) is 2.39. The van der Waals surface area contributed by atoms with Gasteiger partial charge in [-0.05, 0) is 51.1 Å². The summed E-state index contributed by atoms with van der Waals surface area (Å²) in [5.74, 6) is 1.58. The lowest BCUT2D eigenvalue weighted by Crippen LogP contribution is -2.33. The summed E-state index contributed by atoms with van der Waals surface area (Å²) in [5.41, 5.74) is 3.83. The minimum absolute atomic E-state index is 0.684. The van der Waals surface area contributed by atoms with Crippen LogP contribution in [0.15, 0.2) is 12.3 Å². The van der Waals surface area contributed by atoms with Crippen molar-refractivity contribution in [2.75, 3.05) is 24.5 Å². The second kappa shape index (κ2) is 7.79. The minimum atomic E-state index is 0.684. The fourth-order valence-corrected chi connectivity index (χ4v) is 2.88. The third kappa shape index (κ3) is 4.70. The maximum atomic E-state index is 4.50. The Labute approximate surface area is 130 Å². The fourth-order valence-electron chi connectivity index (χ4n) is 2.88. The van der Waals surface area contributed by atoms with E-state index in [4.69, 9.17) is 0 Å². The molecule has 1 aromatic heterocycles. The Morgan fingerprint density at radius 1 is 1.38 bits per heavy atom. The number of rotatable bonds is 8. The minimum Gasteiger partial charge on any atom is -0.371 e. The Kier molecular flexibility index (Phi) is 6.04. The number of nitrogens with one attached hydrogen (secondary N) is 1. The number of nitrogens with zero attached hydrogens (tertiary/aromatic N) is 2. The van der Waals surface area contributed by atoms with Gasteiger partial charge in [-0.3, -0.25) is 4.98 Å². The second-order valence-electron chi connectivity index (χ2n) is 6.81. The highest BCUT2D eigenvalue weighted by molar-refractivity contribution is 5.53. The van der Waals surface area contributed by atoms with Crippen LogP contribution in [-0.2, 0) is 6.54 Å². The smallest absolute Gasteiger partial charge is 0.0445 e. The average molecular weight is 289 g/mol. The first-order valence-corrected chi connectivity index (χ1v) is 8.51. The molecule has 0 amide bonds. The highest BCUT2D eigenvalue weighted by Gasteiger charge is 2.21. The van der Waals surface area contributed by atoms with E-state index in [0.717, 1.165) is 31.2 Å². The molecule has 1 aliphatic rings. The third-order valence-corrected chi connectivity index (χ3v) is 4.39. The maximum absolute atomic E-state index is 4.50. The number of aromatic nitrogens is 1. The molecule has 1 fully saturated rings. The number of hydrogen-bond donors (Lipinski definition) is 1. The van der Waals surface area contributed by atoms with Gasteiger partial charge in [0, 0.05) is 42.8 Å². The Balaban J connectivity index is 2.08. The van der Waals surface area contributed by atoms with Gasteiger partial charge in [-0.1, -0.05) is 20.3 Å². The summed E-state index contributed by atoms with van der Waals surface area (Å²) in [6.07, 6.45) is 6.28. The molecule has 3 nitrogen and oxygen atoms in total. The Morgan fingerprint density at radius 2 is 2.14 bits per heavy atom. The van der Waals surface area contributed by atoms with Crippen molar-refractivity contribution >= 4 is 5.69 Å². The van der Waals surface area contributed by atoms with Crippen LogP contribution in [0, 0.1) is 18.8 Å². The van der Waals surface area contributed by atoms with Crippen molar-refractivity contribution in [3.63, 3.8) is 0 Å². The fraction of sp³-hybridized carbons (Fsp3) is 0.722. The summed E-state index contributed by atoms with van der Waals surface area (Å²) in [5, 5.41) is 3.55. The molecule has 0 saturated heterocycles. The SMILES string of the molecule is CCN(CC1CCC1)c1cc(C)ncc1CNCC(C)C. The summed E-state index contributed by atoms with van der Waals surface area (Å²) in [4.78, 5) is 7.05. The molecule has 0 unspecified atom stereocenters. The molecule has 0 aliphatic heterocycles. The molecule has 1 saturated carbocycles. The van der Waals surface area contributed by atoms with E-state index in [-0.39, 0.29) is 0 Å². The summed E-state index contributed by atoms with van der Waals surface area (Å²) < 4.78 is 0. The maximum Gasteiger partial charge on any atom is 0.0445 e. The van der Waals surface area contributed by atoms with Gasteiger partial charge in [-0.25, -0.2) is 0 Å². The van der Waals surface area contributed by atoms with Gasteiger partial charge >= 0.3 is 0 Å². The van der Waals surface area contributed by atoms with Gasteiger partial charge in [0.2, 0.25) is 0 Å². The normalized spacial score (nSPS) is 15.3. The van der Waals surface area contributed by atoms with Crippen molar-refractivity contribution in [2.24, 2.45) is 11.8 Å². The molecule has 2 rings (SSSR count). The van der Waals surface area contributed by atoms with Crippen molar-refractivity contribution < 1.29 is 0 Å². The number of aryl methyl sites for hydroxylation is 1. The van der Waals surface area contributed by atoms with E-state index in [9.17, 15) is 0 Å². The van der Waals surface area contributed by atoms with Crippen LogP contribution in [-0.4, -0.2) is 24.6 Å². The van der Waals surface area contributed by atoms with Crippen LogP contribution >= 0.6 is 0 Å². The Hall–Kier alpha value is -1.09. The molecule has 0 spiro atoms. The van der Waals surface area contributed by atoms with E-state index < -0.39 is 0 Å². The van der Waals surface area contributed by atoms with Crippen LogP contribution in [0.1, 0.15) is 51.3 Å². The topological polar surface area (TPSA) is 28.2 Å². The third-order valence-electron chi connectivity index (χ3n) is 4.39. The van der Waals surface area contributed by atoms with Crippen molar-refractivity contribution in [3.05, 3.63) is 23.5 Å². The number of anilines is 1. The zero-order chi connectivity index (χ0) is 15.2. The summed E-state index contributed by atoms with van der Waals surface area (Å²) in [6, 6.07) is 2.26. The molecular weight excluding hydrogens is 258 g/mol. The predicted octanol–water partition coefficient (Wildman–Crippen LogP) is 3.76. The van der Waals surface area contributed by atoms with Gasteiger partial charge in [0.15, 0.2) is 0 Å². The molecule has 0 bridgehead atoms. The van der Waals surface area contributed by atoms with Gasteiger partial charge < -0.3 is 10.2 Å². The van der Waals surface area contributed by atoms with Crippen LogP contribution < -0.4 is 10.2 Å². The molecule has 21 heavy (non-hydrogen) atoms. The monoisotopic (exact) mass is 289 g/mol. The van der Waals surface area contributed by atoms with Gasteiger partial charge in [-0.15, -0.1) is 0 Å². The van der Waals surface area contributed by atoms with Crippen LogP contribution in [0.3, 0.4) is 0 Å². The van der Waals surface area contributed by atoms with Crippen molar-refractivity contribution in [2.45, 2.75) is 53.5 Å². The van der Waals surface area contributed by atoms with Crippen LogP contribution in [0.4, 0.5) is 5.69 Å². The van der Waals surface area contributed by atoms with Crippen LogP contribution in [0.5, 0.6) is 0 Å². The molecule has 0 aromatic carbocycles. The molecule has 3 heteroatoms. The van der Waals surface area contributed by atoms with E-state index in [1.165, 1.54) is 37.1 Å². The number of hydrogen-bond acceptors (Lipinski definition) is 3. The van der Waals surface area contributed by atoms with Crippen LogP contribution in [0.2, 0.25) is 0 Å².